The van der Waals surface area contributed by atoms with Gasteiger partial charge >= 0.3 is 0 Å². The van der Waals surface area contributed by atoms with Gasteiger partial charge in [-0.1, -0.05) is 29.3 Å². The molecule has 6 heteroatoms. The highest BCUT2D eigenvalue weighted by Crippen LogP contribution is 2.27. The first-order valence-electron chi connectivity index (χ1n) is 9.66. The first-order chi connectivity index (χ1) is 13.7. The minimum Gasteiger partial charge on any atom is -0.486 e. The summed E-state index contributed by atoms with van der Waals surface area (Å²) in [6.07, 6.45) is 7.58. The lowest BCUT2D eigenvalue weighted by atomic mass is 9.81. The maximum atomic E-state index is 12.4. The number of rotatable bonds is 8. The van der Waals surface area contributed by atoms with Crippen molar-refractivity contribution in [2.24, 2.45) is 11.8 Å². The van der Waals surface area contributed by atoms with E-state index in [1.54, 1.807) is 11.9 Å². The normalized spacial score (nSPS) is 19.0. The van der Waals surface area contributed by atoms with Gasteiger partial charge in [-0.15, -0.1) is 6.42 Å². The smallest absolute Gasteiger partial charge is 0.223 e. The van der Waals surface area contributed by atoms with Crippen molar-refractivity contribution in [1.82, 2.24) is 15.4 Å². The number of amides is 1. The summed E-state index contributed by atoms with van der Waals surface area (Å²) in [6, 6.07) is 11.6. The largest absolute Gasteiger partial charge is 0.486 e. The van der Waals surface area contributed by atoms with Crippen LogP contribution >= 0.6 is 0 Å². The average molecular weight is 381 g/mol. The van der Waals surface area contributed by atoms with Crippen LogP contribution in [0.15, 0.2) is 40.9 Å². The number of hydrogen-bond acceptors (Lipinski definition) is 5. The van der Waals surface area contributed by atoms with Gasteiger partial charge in [0.15, 0.2) is 5.76 Å². The molecule has 1 aliphatic heterocycles. The van der Waals surface area contributed by atoms with Crippen molar-refractivity contribution in [1.29, 1.82) is 0 Å². The van der Waals surface area contributed by atoms with E-state index in [0.29, 0.717) is 37.2 Å². The van der Waals surface area contributed by atoms with Crippen molar-refractivity contribution in [3.63, 3.8) is 0 Å². The summed E-state index contributed by atoms with van der Waals surface area (Å²) in [5.74, 6) is 4.77. The number of aromatic nitrogens is 1. The molecule has 0 aliphatic carbocycles. The summed E-state index contributed by atoms with van der Waals surface area (Å²) in [5, 5.41) is 7.62. The molecule has 1 aliphatic rings. The summed E-state index contributed by atoms with van der Waals surface area (Å²) in [4.78, 5) is 14.0. The van der Waals surface area contributed by atoms with Crippen LogP contribution in [0, 0.1) is 24.2 Å². The van der Waals surface area contributed by atoms with Gasteiger partial charge in [-0.05, 0) is 49.9 Å². The SMILES string of the molecule is C#CCN(C)C(=O)C[C@H]1CCNC[C@@H]1Cc1cc(COc2ccccc2)on1. The topological polar surface area (TPSA) is 67.6 Å². The molecule has 2 atom stereocenters. The van der Waals surface area contributed by atoms with Gasteiger partial charge in [0, 0.05) is 19.5 Å². The van der Waals surface area contributed by atoms with E-state index < -0.39 is 0 Å². The van der Waals surface area contributed by atoms with E-state index in [9.17, 15) is 4.79 Å². The maximum absolute atomic E-state index is 12.4. The van der Waals surface area contributed by atoms with Gasteiger partial charge in [-0.2, -0.15) is 0 Å². The van der Waals surface area contributed by atoms with Crippen LogP contribution in [0.4, 0.5) is 0 Å². The minimum atomic E-state index is 0.104. The number of nitrogens with one attached hydrogen (secondary N) is 1. The van der Waals surface area contributed by atoms with Crippen LogP contribution in [0.3, 0.4) is 0 Å². The molecule has 0 radical (unpaired) electrons. The van der Waals surface area contributed by atoms with E-state index in [1.807, 2.05) is 36.4 Å². The molecule has 1 aromatic heterocycles. The summed E-state index contributed by atoms with van der Waals surface area (Å²) in [7, 11) is 1.76. The number of ether oxygens (including phenoxy) is 1. The molecule has 148 valence electrons. The van der Waals surface area contributed by atoms with Crippen molar-refractivity contribution < 1.29 is 14.1 Å². The average Bonchev–Trinajstić information content (AvgIpc) is 3.16. The Balaban J connectivity index is 1.54. The number of piperidine rings is 1. The molecule has 3 rings (SSSR count). The summed E-state index contributed by atoms with van der Waals surface area (Å²) in [6.45, 7) is 2.50. The van der Waals surface area contributed by atoms with Gasteiger partial charge in [0.05, 0.1) is 12.2 Å². The zero-order valence-corrected chi connectivity index (χ0v) is 16.3. The Hall–Kier alpha value is -2.78. The summed E-state index contributed by atoms with van der Waals surface area (Å²) >= 11 is 0. The highest BCUT2D eigenvalue weighted by Gasteiger charge is 2.29. The Morgan fingerprint density at radius 1 is 1.39 bits per heavy atom. The molecular weight excluding hydrogens is 354 g/mol. The molecule has 1 amide bonds. The number of terminal acetylenes is 1. The Kier molecular flexibility index (Phi) is 7.10. The molecule has 0 saturated carbocycles. The number of carbonyl (C=O) groups is 1. The molecular formula is C22H27N3O3. The number of para-hydroxylation sites is 1. The Labute approximate surface area is 166 Å². The first-order valence-corrected chi connectivity index (χ1v) is 9.66. The predicted molar refractivity (Wildman–Crippen MR) is 107 cm³/mol. The molecule has 0 spiro atoms. The van der Waals surface area contributed by atoms with Gasteiger partial charge < -0.3 is 19.5 Å². The summed E-state index contributed by atoms with van der Waals surface area (Å²) < 4.78 is 11.1. The van der Waals surface area contributed by atoms with Crippen molar-refractivity contribution in [3.05, 3.63) is 47.9 Å². The lowest BCUT2D eigenvalue weighted by molar-refractivity contribution is -0.131. The van der Waals surface area contributed by atoms with Crippen molar-refractivity contribution >= 4 is 5.91 Å². The second kappa shape index (κ2) is 9.95. The van der Waals surface area contributed by atoms with Gasteiger partial charge in [0.1, 0.15) is 12.4 Å². The van der Waals surface area contributed by atoms with Crippen LogP contribution in [-0.2, 0) is 17.8 Å². The van der Waals surface area contributed by atoms with Crippen molar-refractivity contribution in [2.45, 2.75) is 25.9 Å². The van der Waals surface area contributed by atoms with E-state index in [1.165, 1.54) is 0 Å². The van der Waals surface area contributed by atoms with E-state index in [4.69, 9.17) is 15.7 Å². The third-order valence-electron chi connectivity index (χ3n) is 5.16. The Bertz CT molecular complexity index is 797. The van der Waals surface area contributed by atoms with Crippen LogP contribution in [0.25, 0.3) is 0 Å². The highest BCUT2D eigenvalue weighted by molar-refractivity contribution is 5.76. The van der Waals surface area contributed by atoms with E-state index in [0.717, 1.165) is 37.4 Å². The van der Waals surface area contributed by atoms with Crippen molar-refractivity contribution in [2.75, 3.05) is 26.7 Å². The summed E-state index contributed by atoms with van der Waals surface area (Å²) in [5.41, 5.74) is 0.898. The number of nitrogens with zero attached hydrogens (tertiary/aromatic N) is 2. The second-order valence-electron chi connectivity index (χ2n) is 7.26. The molecule has 1 saturated heterocycles. The predicted octanol–water partition coefficient (Wildman–Crippen LogP) is 2.50. The third-order valence-corrected chi connectivity index (χ3v) is 5.16. The third kappa shape index (κ3) is 5.61. The van der Waals surface area contributed by atoms with E-state index >= 15 is 0 Å². The van der Waals surface area contributed by atoms with Crippen LogP contribution in [0.5, 0.6) is 5.75 Å². The first kappa shape index (κ1) is 20.0. The quantitative estimate of drug-likeness (QED) is 0.712. The molecule has 2 aromatic rings. The second-order valence-corrected chi connectivity index (χ2v) is 7.26. The molecule has 2 heterocycles. The number of carbonyl (C=O) groups excluding carboxylic acids is 1. The lowest BCUT2D eigenvalue weighted by Gasteiger charge is -2.32. The van der Waals surface area contributed by atoms with E-state index in [-0.39, 0.29) is 5.91 Å². The minimum absolute atomic E-state index is 0.104. The fourth-order valence-electron chi connectivity index (χ4n) is 3.55. The standard InChI is InChI=1S/C22H27N3O3/c1-3-11-25(2)22(26)13-17-9-10-23-15-18(17)12-19-14-21(28-24-19)16-27-20-7-5-4-6-8-20/h1,4-8,14,17-18,23H,9-13,15-16H2,2H3/t17-,18+/m1/s1. The van der Waals surface area contributed by atoms with Crippen LogP contribution in [-0.4, -0.2) is 42.6 Å². The monoisotopic (exact) mass is 381 g/mol. The molecule has 28 heavy (non-hydrogen) atoms. The molecule has 0 unspecified atom stereocenters. The molecule has 1 N–H and O–H groups in total. The van der Waals surface area contributed by atoms with E-state index in [2.05, 4.69) is 16.4 Å². The van der Waals surface area contributed by atoms with Crippen LogP contribution in [0.2, 0.25) is 0 Å². The molecule has 1 aromatic carbocycles. The number of benzene rings is 1. The molecule has 1 fully saturated rings. The Morgan fingerprint density at radius 3 is 3.00 bits per heavy atom. The number of hydrogen-bond donors (Lipinski definition) is 1. The zero-order valence-electron chi connectivity index (χ0n) is 16.3. The fraction of sp³-hybridized carbons (Fsp3) is 0.455. The van der Waals surface area contributed by atoms with Gasteiger partial charge in [0.2, 0.25) is 5.91 Å². The maximum Gasteiger partial charge on any atom is 0.223 e. The van der Waals surface area contributed by atoms with Gasteiger partial charge in [-0.3, -0.25) is 4.79 Å². The van der Waals surface area contributed by atoms with Gasteiger partial charge in [0.25, 0.3) is 0 Å². The lowest BCUT2D eigenvalue weighted by Crippen LogP contribution is -2.40. The van der Waals surface area contributed by atoms with Gasteiger partial charge in [-0.25, -0.2) is 0 Å². The fourth-order valence-corrected chi connectivity index (χ4v) is 3.55. The van der Waals surface area contributed by atoms with Crippen LogP contribution in [0.1, 0.15) is 24.3 Å². The molecule has 6 nitrogen and oxygen atoms in total. The molecule has 0 bridgehead atoms. The Morgan fingerprint density at radius 2 is 2.21 bits per heavy atom. The zero-order chi connectivity index (χ0) is 19.8. The van der Waals surface area contributed by atoms with Crippen LogP contribution < -0.4 is 10.1 Å². The van der Waals surface area contributed by atoms with Crippen molar-refractivity contribution in [3.8, 4) is 18.1 Å². The highest BCUT2D eigenvalue weighted by atomic mass is 16.5.